The van der Waals surface area contributed by atoms with Crippen LogP contribution in [0.3, 0.4) is 0 Å². The van der Waals surface area contributed by atoms with Crippen molar-refractivity contribution in [2.24, 2.45) is 0 Å². The molecule has 0 bridgehead atoms. The summed E-state index contributed by atoms with van der Waals surface area (Å²) in [5, 5.41) is 4.06. The second-order valence-corrected chi connectivity index (χ2v) is 6.91. The molecule has 0 atom stereocenters. The molecule has 0 radical (unpaired) electrons. The van der Waals surface area contributed by atoms with Gasteiger partial charge in [-0.05, 0) is 55.8 Å². The first kappa shape index (κ1) is 16.3. The third-order valence-electron chi connectivity index (χ3n) is 4.70. The largest absolute Gasteiger partial charge is 0.422 e. The number of carbonyl (C=O) groups is 1. The minimum absolute atomic E-state index is 0.333. The number of benzene rings is 4. The molecule has 0 aliphatic carbocycles. The molecule has 0 N–H and O–H groups in total. The third-order valence-corrected chi connectivity index (χ3v) is 4.70. The minimum Gasteiger partial charge on any atom is -0.422 e. The Balaban J connectivity index is 1.91. The summed E-state index contributed by atoms with van der Waals surface area (Å²) in [5.41, 5.74) is 3.99. The zero-order chi connectivity index (χ0) is 18.3. The van der Waals surface area contributed by atoms with Crippen molar-refractivity contribution in [2.75, 3.05) is 0 Å². The molecule has 0 saturated carbocycles. The number of hydrogen-bond acceptors (Lipinski definition) is 2. The maximum absolute atomic E-state index is 12.7. The fourth-order valence-corrected chi connectivity index (χ4v) is 3.26. The summed E-state index contributed by atoms with van der Waals surface area (Å²) in [5.74, 6) is 0.299. The van der Waals surface area contributed by atoms with Crippen LogP contribution in [-0.2, 0) is 0 Å². The van der Waals surface area contributed by atoms with Crippen LogP contribution in [0.25, 0.3) is 21.5 Å². The van der Waals surface area contributed by atoms with E-state index in [1.807, 2.05) is 38.1 Å². The molecule has 0 aromatic heterocycles. The van der Waals surface area contributed by atoms with E-state index < -0.39 is 0 Å². The summed E-state index contributed by atoms with van der Waals surface area (Å²) in [7, 11) is 0. The lowest BCUT2D eigenvalue weighted by molar-refractivity contribution is 0.0739. The highest BCUT2D eigenvalue weighted by atomic mass is 16.5. The first-order chi connectivity index (χ1) is 12.5. The molecule has 0 heterocycles. The van der Waals surface area contributed by atoms with Crippen molar-refractivity contribution in [3.8, 4) is 5.75 Å². The van der Waals surface area contributed by atoms with Crippen LogP contribution >= 0.6 is 0 Å². The Morgan fingerprint density at radius 1 is 0.654 bits per heavy atom. The highest BCUT2D eigenvalue weighted by molar-refractivity contribution is 6.08. The van der Waals surface area contributed by atoms with E-state index in [4.69, 9.17) is 4.74 Å². The van der Waals surface area contributed by atoms with E-state index in [-0.39, 0.29) is 5.97 Å². The van der Waals surface area contributed by atoms with Gasteiger partial charge in [-0.3, -0.25) is 0 Å². The highest BCUT2D eigenvalue weighted by Gasteiger charge is 2.15. The smallest absolute Gasteiger partial charge is 0.343 e. The average molecular weight is 340 g/mol. The van der Waals surface area contributed by atoms with Crippen molar-refractivity contribution in [2.45, 2.75) is 20.8 Å². The fraction of sp³-hybridized carbons (Fsp3) is 0.125. The number of aryl methyl sites for hydroxylation is 3. The van der Waals surface area contributed by atoms with Crippen LogP contribution in [0.2, 0.25) is 0 Å². The van der Waals surface area contributed by atoms with Gasteiger partial charge < -0.3 is 4.74 Å². The summed E-state index contributed by atoms with van der Waals surface area (Å²) in [6.07, 6.45) is 0. The molecule has 0 amide bonds. The van der Waals surface area contributed by atoms with Gasteiger partial charge in [0.1, 0.15) is 5.75 Å². The van der Waals surface area contributed by atoms with Gasteiger partial charge in [0.25, 0.3) is 0 Å². The molecule has 4 aromatic rings. The first-order valence-electron chi connectivity index (χ1n) is 8.74. The van der Waals surface area contributed by atoms with Gasteiger partial charge in [-0.2, -0.15) is 0 Å². The molecule has 128 valence electrons. The normalized spacial score (nSPS) is 11.0. The Morgan fingerprint density at radius 3 is 2.08 bits per heavy atom. The molecule has 0 aliphatic rings. The van der Waals surface area contributed by atoms with Gasteiger partial charge in [-0.15, -0.1) is 0 Å². The van der Waals surface area contributed by atoms with Gasteiger partial charge in [-0.25, -0.2) is 4.79 Å². The van der Waals surface area contributed by atoms with Crippen LogP contribution in [0.15, 0.2) is 66.7 Å². The molecule has 0 unspecified atom stereocenters. The lowest BCUT2D eigenvalue weighted by atomic mass is 9.99. The zero-order valence-electron chi connectivity index (χ0n) is 15.2. The molecule has 4 rings (SSSR count). The summed E-state index contributed by atoms with van der Waals surface area (Å²) in [4.78, 5) is 12.7. The molecule has 0 aliphatic heterocycles. The lowest BCUT2D eigenvalue weighted by Gasteiger charge is -2.13. The van der Waals surface area contributed by atoms with Crippen LogP contribution in [0, 0.1) is 20.8 Å². The molecule has 2 nitrogen and oxygen atoms in total. The van der Waals surface area contributed by atoms with Gasteiger partial charge in [-0.1, -0.05) is 59.2 Å². The van der Waals surface area contributed by atoms with E-state index in [1.165, 1.54) is 5.56 Å². The zero-order valence-corrected chi connectivity index (χ0v) is 15.2. The predicted octanol–water partition coefficient (Wildman–Crippen LogP) is 6.14. The van der Waals surface area contributed by atoms with E-state index in [0.29, 0.717) is 11.3 Å². The summed E-state index contributed by atoms with van der Waals surface area (Å²) in [6, 6.07) is 22.0. The van der Waals surface area contributed by atoms with E-state index in [0.717, 1.165) is 32.7 Å². The monoisotopic (exact) mass is 340 g/mol. The third kappa shape index (κ3) is 2.95. The van der Waals surface area contributed by atoms with Gasteiger partial charge in [0.05, 0.1) is 5.56 Å². The van der Waals surface area contributed by atoms with Gasteiger partial charge in [0, 0.05) is 10.8 Å². The van der Waals surface area contributed by atoms with E-state index >= 15 is 0 Å². The maximum atomic E-state index is 12.7. The molecule has 0 fully saturated rings. The second-order valence-electron chi connectivity index (χ2n) is 6.91. The maximum Gasteiger partial charge on any atom is 0.343 e. The Bertz CT molecular complexity index is 1140. The number of fused-ring (bicyclic) bond motifs is 2. The number of esters is 1. The summed E-state index contributed by atoms with van der Waals surface area (Å²) in [6.45, 7) is 6.11. The molecule has 0 spiro atoms. The Labute approximate surface area is 153 Å². The van der Waals surface area contributed by atoms with E-state index in [2.05, 4.69) is 37.3 Å². The average Bonchev–Trinajstić information content (AvgIpc) is 2.62. The van der Waals surface area contributed by atoms with Gasteiger partial charge in [0.15, 0.2) is 0 Å². The Hall–Kier alpha value is -3.13. The topological polar surface area (TPSA) is 26.3 Å². The molecule has 2 heteroatoms. The predicted molar refractivity (Wildman–Crippen MR) is 107 cm³/mol. The van der Waals surface area contributed by atoms with Crippen LogP contribution in [0.1, 0.15) is 27.0 Å². The number of hydrogen-bond donors (Lipinski definition) is 0. The number of rotatable bonds is 2. The summed E-state index contributed by atoms with van der Waals surface area (Å²) < 4.78 is 5.92. The van der Waals surface area contributed by atoms with Gasteiger partial charge in [0.2, 0.25) is 0 Å². The second kappa shape index (κ2) is 6.30. The van der Waals surface area contributed by atoms with Crippen LogP contribution < -0.4 is 4.74 Å². The van der Waals surface area contributed by atoms with Crippen molar-refractivity contribution in [3.05, 3.63) is 89.0 Å². The number of ether oxygens (including phenoxy) is 1. The van der Waals surface area contributed by atoms with Gasteiger partial charge >= 0.3 is 5.97 Å². The molecule has 0 saturated heterocycles. The van der Waals surface area contributed by atoms with E-state index in [1.54, 1.807) is 12.1 Å². The van der Waals surface area contributed by atoms with Crippen molar-refractivity contribution in [3.63, 3.8) is 0 Å². The Morgan fingerprint density at radius 2 is 1.31 bits per heavy atom. The van der Waals surface area contributed by atoms with Crippen molar-refractivity contribution < 1.29 is 9.53 Å². The molecule has 4 aromatic carbocycles. The minimum atomic E-state index is -0.333. The van der Waals surface area contributed by atoms with E-state index in [9.17, 15) is 4.79 Å². The van der Waals surface area contributed by atoms with Crippen molar-refractivity contribution in [1.82, 2.24) is 0 Å². The molecular formula is C24H20O2. The molecular weight excluding hydrogens is 320 g/mol. The van der Waals surface area contributed by atoms with Crippen LogP contribution in [0.5, 0.6) is 5.75 Å². The number of carbonyl (C=O) groups excluding carboxylic acids is 1. The summed E-state index contributed by atoms with van der Waals surface area (Å²) >= 11 is 0. The Kier molecular flexibility index (Phi) is 3.96. The first-order valence-corrected chi connectivity index (χ1v) is 8.74. The quantitative estimate of drug-likeness (QED) is 0.249. The lowest BCUT2D eigenvalue weighted by Crippen LogP contribution is -2.09. The standard InChI is InChI=1S/C24H20O2/c1-15-4-8-18(9-5-15)24(25)26-23-21-11-7-16(2)12-20(21)14-19-10-6-17(3)13-22(19)23/h4-14H,1-3H3. The SMILES string of the molecule is Cc1ccc(C(=O)Oc2c3ccc(C)cc3cc3ccc(C)cc23)cc1. The van der Waals surface area contributed by atoms with Crippen molar-refractivity contribution >= 4 is 27.5 Å². The fourth-order valence-electron chi connectivity index (χ4n) is 3.26. The van der Waals surface area contributed by atoms with Crippen LogP contribution in [0.4, 0.5) is 0 Å². The molecule has 26 heavy (non-hydrogen) atoms. The highest BCUT2D eigenvalue weighted by Crippen LogP contribution is 2.36. The van der Waals surface area contributed by atoms with Crippen LogP contribution in [-0.4, -0.2) is 5.97 Å². The van der Waals surface area contributed by atoms with Crippen molar-refractivity contribution in [1.29, 1.82) is 0 Å².